The van der Waals surface area contributed by atoms with Gasteiger partial charge in [-0.2, -0.15) is 0 Å². The summed E-state index contributed by atoms with van der Waals surface area (Å²) in [6, 6.07) is 7.28. The number of hydrogen-bond donors (Lipinski definition) is 2. The van der Waals surface area contributed by atoms with Crippen LogP contribution in [0.25, 0.3) is 0 Å². The van der Waals surface area contributed by atoms with Crippen LogP contribution in [0, 0.1) is 40.9 Å². The van der Waals surface area contributed by atoms with Crippen LogP contribution in [-0.4, -0.2) is 27.8 Å². The number of Topliss-reactive ketones (excluding diaryl/α,β-unsaturated/α-hetero) is 1. The minimum absolute atomic E-state index is 0.00282. The number of allylic oxidation sites excluding steroid dienone is 2. The monoisotopic (exact) mass is 520 g/mol. The van der Waals surface area contributed by atoms with Crippen molar-refractivity contribution < 1.29 is 24.5 Å². The summed E-state index contributed by atoms with van der Waals surface area (Å²) in [6.07, 6.45) is 10.5. The lowest BCUT2D eigenvalue weighted by Gasteiger charge is -2.60. The number of fused-ring (bicyclic) bond motifs is 5. The van der Waals surface area contributed by atoms with E-state index in [9.17, 15) is 19.8 Å². The smallest absolute Gasteiger partial charge is 0.337 e. The average molecular weight is 521 g/mol. The summed E-state index contributed by atoms with van der Waals surface area (Å²) in [5.74, 6) is -0.732. The van der Waals surface area contributed by atoms with Crippen LogP contribution in [0.1, 0.15) is 95.8 Å². The largest absolute Gasteiger partial charge is 0.479 e. The van der Waals surface area contributed by atoms with Crippen LogP contribution in [0.3, 0.4) is 0 Å². The Morgan fingerprint density at radius 1 is 1.11 bits per heavy atom. The average Bonchev–Trinajstić information content (AvgIpc) is 3.17. The Bertz CT molecular complexity index is 1150. The zero-order valence-electron chi connectivity index (χ0n) is 23.5. The molecule has 4 aliphatic rings. The van der Waals surface area contributed by atoms with Gasteiger partial charge >= 0.3 is 5.97 Å². The van der Waals surface area contributed by atoms with Gasteiger partial charge in [-0.05, 0) is 92.9 Å². The van der Waals surface area contributed by atoms with Gasteiger partial charge < -0.3 is 14.9 Å². The maximum atomic E-state index is 13.1. The number of rotatable bonds is 7. The lowest BCUT2D eigenvalue weighted by atomic mass is 9.45. The van der Waals surface area contributed by atoms with Crippen molar-refractivity contribution in [1.82, 2.24) is 0 Å². The lowest BCUT2D eigenvalue weighted by molar-refractivity contribution is -0.252. The number of carboxylic acid groups (broad SMARTS) is 1. The fourth-order valence-electron chi connectivity index (χ4n) is 9.38. The second kappa shape index (κ2) is 9.45. The van der Waals surface area contributed by atoms with E-state index in [4.69, 9.17) is 4.74 Å². The van der Waals surface area contributed by atoms with Crippen molar-refractivity contribution in [1.29, 1.82) is 0 Å². The van der Waals surface area contributed by atoms with Gasteiger partial charge in [0.15, 0.2) is 11.9 Å². The molecule has 38 heavy (non-hydrogen) atoms. The first kappa shape index (κ1) is 27.3. The molecule has 8 atom stereocenters. The first-order valence-corrected chi connectivity index (χ1v) is 14.4. The molecule has 0 bridgehead atoms. The third-order valence-corrected chi connectivity index (χ3v) is 11.6. The highest BCUT2D eigenvalue weighted by Crippen LogP contribution is 2.71. The summed E-state index contributed by atoms with van der Waals surface area (Å²) >= 11 is 0. The number of ketones is 1. The van der Waals surface area contributed by atoms with Gasteiger partial charge in [0.25, 0.3) is 0 Å². The summed E-state index contributed by atoms with van der Waals surface area (Å²) in [5, 5.41) is 21.5. The van der Waals surface area contributed by atoms with Gasteiger partial charge in [0, 0.05) is 18.3 Å². The number of ether oxygens (including phenoxy) is 1. The Kier molecular flexibility index (Phi) is 6.79. The molecular weight excluding hydrogens is 476 g/mol. The summed E-state index contributed by atoms with van der Waals surface area (Å²) in [5.41, 5.74) is 2.47. The van der Waals surface area contributed by atoms with Crippen LogP contribution in [0.15, 0.2) is 48.6 Å². The number of carboxylic acids is 1. The second-order valence-electron chi connectivity index (χ2n) is 13.3. The number of aliphatic carboxylic acids is 1. The van der Waals surface area contributed by atoms with Crippen LogP contribution >= 0.6 is 0 Å². The standard InChI is InChI=1S/C33H44O5/c1-6-15-32(22(3)34)17-14-27-25-12-11-24-20-33(37,19-18-30(24,4)26(25)13-16-31(27,32)5)38-28(29(35)36)23-9-7-21(2)8-10-23/h6-11,25-28,37H,1,12-20H2,2-5H3,(H,35,36)/t25-,26+,27+,28?,30+,31+,32-,33?/m1/s1. The van der Waals surface area contributed by atoms with Gasteiger partial charge in [0.1, 0.15) is 5.78 Å². The predicted molar refractivity (Wildman–Crippen MR) is 147 cm³/mol. The fourth-order valence-corrected chi connectivity index (χ4v) is 9.38. The molecule has 0 radical (unpaired) electrons. The normalized spacial score (nSPS) is 40.8. The van der Waals surface area contributed by atoms with Gasteiger partial charge in [-0.25, -0.2) is 4.79 Å². The number of aryl methyl sites for hydroxylation is 1. The van der Waals surface area contributed by atoms with Gasteiger partial charge in [-0.15, -0.1) is 6.58 Å². The number of carbonyl (C=O) groups is 2. The van der Waals surface area contributed by atoms with Crippen molar-refractivity contribution >= 4 is 11.8 Å². The van der Waals surface area contributed by atoms with E-state index < -0.39 is 17.9 Å². The van der Waals surface area contributed by atoms with Crippen molar-refractivity contribution in [3.05, 3.63) is 59.7 Å². The summed E-state index contributed by atoms with van der Waals surface area (Å²) < 4.78 is 6.03. The van der Waals surface area contributed by atoms with Crippen molar-refractivity contribution in [2.24, 2.45) is 34.0 Å². The number of hydrogen-bond acceptors (Lipinski definition) is 4. The maximum absolute atomic E-state index is 13.1. The van der Waals surface area contributed by atoms with Crippen molar-refractivity contribution in [3.63, 3.8) is 0 Å². The molecule has 5 rings (SSSR count). The highest BCUT2D eigenvalue weighted by Gasteiger charge is 2.65. The molecule has 3 fully saturated rings. The van der Waals surface area contributed by atoms with Crippen LogP contribution in [0.5, 0.6) is 0 Å². The van der Waals surface area contributed by atoms with E-state index in [1.54, 1.807) is 19.1 Å². The molecule has 0 spiro atoms. The Morgan fingerprint density at radius 3 is 2.42 bits per heavy atom. The predicted octanol–water partition coefficient (Wildman–Crippen LogP) is 6.94. The summed E-state index contributed by atoms with van der Waals surface area (Å²) in [6.45, 7) is 12.5. The molecule has 0 aromatic heterocycles. The van der Waals surface area contributed by atoms with Crippen LogP contribution in [0.4, 0.5) is 0 Å². The maximum Gasteiger partial charge on any atom is 0.337 e. The topological polar surface area (TPSA) is 83.8 Å². The van der Waals surface area contributed by atoms with E-state index in [1.165, 1.54) is 5.57 Å². The Morgan fingerprint density at radius 2 is 1.79 bits per heavy atom. The number of benzene rings is 1. The molecule has 4 aliphatic carbocycles. The molecule has 0 saturated heterocycles. The highest BCUT2D eigenvalue weighted by atomic mass is 16.6. The molecule has 206 valence electrons. The molecule has 2 unspecified atom stereocenters. The molecule has 0 aliphatic heterocycles. The fraction of sp³-hybridized carbons (Fsp3) is 0.636. The second-order valence-corrected chi connectivity index (χ2v) is 13.3. The molecule has 5 nitrogen and oxygen atoms in total. The SMILES string of the molecule is C=CC[C@]1(C(C)=O)CC[C@H]2[C@@H]3CC=C4CC(O)(OC(C(=O)O)c5ccc(C)cc5)CC[C@]4(C)[C@H]3CC[C@@]21C. The summed E-state index contributed by atoms with van der Waals surface area (Å²) in [4.78, 5) is 25.2. The Balaban J connectivity index is 1.39. The van der Waals surface area contributed by atoms with Crippen molar-refractivity contribution in [2.75, 3.05) is 0 Å². The van der Waals surface area contributed by atoms with Crippen LogP contribution < -0.4 is 0 Å². The first-order chi connectivity index (χ1) is 17.9. The van der Waals surface area contributed by atoms with Crippen molar-refractivity contribution in [2.45, 2.75) is 97.4 Å². The third-order valence-electron chi connectivity index (χ3n) is 11.6. The minimum atomic E-state index is -1.50. The van der Waals surface area contributed by atoms with Crippen LogP contribution in [0.2, 0.25) is 0 Å². The van der Waals surface area contributed by atoms with Crippen molar-refractivity contribution in [3.8, 4) is 0 Å². The van der Waals surface area contributed by atoms with Gasteiger partial charge in [0.05, 0.1) is 0 Å². The zero-order chi connectivity index (χ0) is 27.5. The van der Waals surface area contributed by atoms with E-state index in [0.717, 1.165) is 50.5 Å². The minimum Gasteiger partial charge on any atom is -0.479 e. The summed E-state index contributed by atoms with van der Waals surface area (Å²) in [7, 11) is 0. The van der Waals surface area contributed by atoms with Gasteiger partial charge in [0.2, 0.25) is 0 Å². The molecule has 3 saturated carbocycles. The van der Waals surface area contributed by atoms with E-state index in [2.05, 4.69) is 26.5 Å². The van der Waals surface area contributed by atoms with E-state index in [-0.39, 0.29) is 16.2 Å². The zero-order valence-corrected chi connectivity index (χ0v) is 23.5. The number of aliphatic hydroxyl groups is 1. The molecule has 1 aromatic carbocycles. The Labute approximate surface area is 227 Å². The molecule has 1 aromatic rings. The van der Waals surface area contributed by atoms with Gasteiger partial charge in [-0.1, -0.05) is 61.4 Å². The lowest BCUT2D eigenvalue weighted by Crippen LogP contribution is -2.55. The van der Waals surface area contributed by atoms with Crippen LogP contribution in [-0.2, 0) is 14.3 Å². The highest BCUT2D eigenvalue weighted by molar-refractivity contribution is 5.84. The van der Waals surface area contributed by atoms with E-state index in [0.29, 0.717) is 41.9 Å². The Hall–Kier alpha value is -2.24. The molecule has 0 heterocycles. The molecule has 2 N–H and O–H groups in total. The quantitative estimate of drug-likeness (QED) is 0.300. The number of carbonyl (C=O) groups excluding carboxylic acids is 1. The molecule has 5 heteroatoms. The van der Waals surface area contributed by atoms with Gasteiger partial charge in [-0.3, -0.25) is 4.79 Å². The molecular formula is C33H44O5. The first-order valence-electron chi connectivity index (χ1n) is 14.4. The third kappa shape index (κ3) is 4.03. The van der Waals surface area contributed by atoms with E-state index in [1.807, 2.05) is 25.1 Å². The molecule has 0 amide bonds. The van der Waals surface area contributed by atoms with E-state index >= 15 is 0 Å².